The average Bonchev–Trinajstić information content (AvgIpc) is 2.33. The number of anilines is 1. The Morgan fingerprint density at radius 1 is 1.33 bits per heavy atom. The normalized spacial score (nSPS) is 20.0. The number of piperidine rings is 1. The standard InChI is InChI=1S/C12H11F2NO3/c13-9-3-2-8(5-10(9)14)15-6-7(12(17)18)1-4-11(15)16/h2-3,5,7H,1,4,6H2,(H,17,18). The third kappa shape index (κ3) is 2.32. The summed E-state index contributed by atoms with van der Waals surface area (Å²) < 4.78 is 25.9. The van der Waals surface area contributed by atoms with E-state index in [0.717, 1.165) is 12.1 Å². The quantitative estimate of drug-likeness (QED) is 0.876. The van der Waals surface area contributed by atoms with Crippen molar-refractivity contribution in [2.24, 2.45) is 5.92 Å². The summed E-state index contributed by atoms with van der Waals surface area (Å²) in [5.74, 6) is -4.00. The first-order valence-corrected chi connectivity index (χ1v) is 5.47. The molecule has 1 fully saturated rings. The molecule has 1 aliphatic heterocycles. The molecule has 1 amide bonds. The number of halogens is 2. The van der Waals surface area contributed by atoms with Gasteiger partial charge in [0.2, 0.25) is 5.91 Å². The SMILES string of the molecule is O=C(O)C1CCC(=O)N(c2ccc(F)c(F)c2)C1. The van der Waals surface area contributed by atoms with Crippen LogP contribution in [0.4, 0.5) is 14.5 Å². The summed E-state index contributed by atoms with van der Waals surface area (Å²) in [6, 6.07) is 3.08. The number of aliphatic carboxylic acids is 1. The zero-order chi connectivity index (χ0) is 13.3. The van der Waals surface area contributed by atoms with E-state index in [4.69, 9.17) is 5.11 Å². The van der Waals surface area contributed by atoms with Crippen LogP contribution in [0, 0.1) is 17.6 Å². The molecule has 1 N–H and O–H groups in total. The highest BCUT2D eigenvalue weighted by molar-refractivity contribution is 5.95. The zero-order valence-electron chi connectivity index (χ0n) is 9.40. The third-order valence-electron chi connectivity index (χ3n) is 2.97. The van der Waals surface area contributed by atoms with E-state index in [-0.39, 0.29) is 31.0 Å². The molecule has 18 heavy (non-hydrogen) atoms. The van der Waals surface area contributed by atoms with Crippen LogP contribution in [0.2, 0.25) is 0 Å². The molecule has 6 heteroatoms. The fourth-order valence-electron chi connectivity index (χ4n) is 1.95. The molecule has 1 unspecified atom stereocenters. The zero-order valence-corrected chi connectivity index (χ0v) is 9.40. The number of carbonyl (C=O) groups excluding carboxylic acids is 1. The van der Waals surface area contributed by atoms with E-state index in [2.05, 4.69) is 0 Å². The lowest BCUT2D eigenvalue weighted by molar-refractivity contribution is -0.142. The van der Waals surface area contributed by atoms with Gasteiger partial charge in [-0.25, -0.2) is 8.78 Å². The molecule has 2 rings (SSSR count). The van der Waals surface area contributed by atoms with Gasteiger partial charge >= 0.3 is 5.97 Å². The van der Waals surface area contributed by atoms with E-state index in [0.29, 0.717) is 0 Å². The number of carbonyl (C=O) groups is 2. The first-order valence-electron chi connectivity index (χ1n) is 5.47. The Labute approximate surface area is 102 Å². The van der Waals surface area contributed by atoms with Gasteiger partial charge in [0.15, 0.2) is 11.6 Å². The second kappa shape index (κ2) is 4.72. The lowest BCUT2D eigenvalue weighted by Crippen LogP contribution is -2.42. The van der Waals surface area contributed by atoms with Crippen molar-refractivity contribution in [1.82, 2.24) is 0 Å². The Bertz CT molecular complexity index is 504. The Kier molecular flexibility index (Phi) is 3.27. The molecule has 0 aliphatic carbocycles. The van der Waals surface area contributed by atoms with Gasteiger partial charge in [0, 0.05) is 24.7 Å². The molecule has 0 spiro atoms. The van der Waals surface area contributed by atoms with Crippen LogP contribution in [0.25, 0.3) is 0 Å². The highest BCUT2D eigenvalue weighted by Crippen LogP contribution is 2.25. The van der Waals surface area contributed by atoms with E-state index in [1.54, 1.807) is 0 Å². The topological polar surface area (TPSA) is 57.6 Å². The molecule has 1 atom stereocenters. The Morgan fingerprint density at radius 3 is 2.67 bits per heavy atom. The van der Waals surface area contributed by atoms with Gasteiger partial charge in [-0.1, -0.05) is 0 Å². The average molecular weight is 255 g/mol. The number of carboxylic acids is 1. The highest BCUT2D eigenvalue weighted by Gasteiger charge is 2.31. The molecule has 1 saturated heterocycles. The largest absolute Gasteiger partial charge is 0.481 e. The van der Waals surface area contributed by atoms with Crippen molar-refractivity contribution in [3.63, 3.8) is 0 Å². The molecule has 1 aromatic rings. The van der Waals surface area contributed by atoms with Gasteiger partial charge in [0.1, 0.15) is 0 Å². The van der Waals surface area contributed by atoms with Crippen LogP contribution in [-0.2, 0) is 9.59 Å². The fraction of sp³-hybridized carbons (Fsp3) is 0.333. The molecule has 96 valence electrons. The Hall–Kier alpha value is -1.98. The molecular weight excluding hydrogens is 244 g/mol. The van der Waals surface area contributed by atoms with Gasteiger partial charge in [-0.3, -0.25) is 9.59 Å². The smallest absolute Gasteiger partial charge is 0.308 e. The molecular formula is C12H11F2NO3. The van der Waals surface area contributed by atoms with E-state index in [9.17, 15) is 18.4 Å². The highest BCUT2D eigenvalue weighted by atomic mass is 19.2. The number of nitrogens with zero attached hydrogens (tertiary/aromatic N) is 1. The third-order valence-corrected chi connectivity index (χ3v) is 2.97. The maximum absolute atomic E-state index is 13.1. The summed E-state index contributed by atoms with van der Waals surface area (Å²) in [4.78, 5) is 23.7. The van der Waals surface area contributed by atoms with Crippen LogP contribution in [0.1, 0.15) is 12.8 Å². The molecule has 1 heterocycles. The number of benzene rings is 1. The minimum absolute atomic E-state index is 0.0146. The van der Waals surface area contributed by atoms with Gasteiger partial charge < -0.3 is 10.0 Å². The van der Waals surface area contributed by atoms with Crippen molar-refractivity contribution in [3.05, 3.63) is 29.8 Å². The van der Waals surface area contributed by atoms with E-state index < -0.39 is 23.5 Å². The van der Waals surface area contributed by atoms with Gasteiger partial charge in [-0.2, -0.15) is 0 Å². The van der Waals surface area contributed by atoms with Crippen LogP contribution in [-0.4, -0.2) is 23.5 Å². The van der Waals surface area contributed by atoms with Crippen LogP contribution >= 0.6 is 0 Å². The minimum atomic E-state index is -1.06. The number of hydrogen-bond donors (Lipinski definition) is 1. The molecule has 4 nitrogen and oxygen atoms in total. The first kappa shape index (κ1) is 12.5. The van der Waals surface area contributed by atoms with Gasteiger partial charge in [0.05, 0.1) is 5.92 Å². The monoisotopic (exact) mass is 255 g/mol. The lowest BCUT2D eigenvalue weighted by Gasteiger charge is -2.30. The number of amides is 1. The number of carboxylic acid groups (broad SMARTS) is 1. The Balaban J connectivity index is 2.26. The first-order chi connectivity index (χ1) is 8.49. The van der Waals surface area contributed by atoms with E-state index >= 15 is 0 Å². The van der Waals surface area contributed by atoms with Gasteiger partial charge in [-0.15, -0.1) is 0 Å². The lowest BCUT2D eigenvalue weighted by atomic mass is 9.97. The van der Waals surface area contributed by atoms with Crippen molar-refractivity contribution < 1.29 is 23.5 Å². The molecule has 1 aliphatic rings. The van der Waals surface area contributed by atoms with Crippen molar-refractivity contribution in [3.8, 4) is 0 Å². The van der Waals surface area contributed by atoms with Crippen molar-refractivity contribution in [2.75, 3.05) is 11.4 Å². The summed E-state index contributed by atoms with van der Waals surface area (Å²) in [5, 5.41) is 8.92. The summed E-state index contributed by atoms with van der Waals surface area (Å²) in [6.45, 7) is -0.0146. The van der Waals surface area contributed by atoms with E-state index in [1.807, 2.05) is 0 Å². The second-order valence-electron chi connectivity index (χ2n) is 4.18. The number of hydrogen-bond acceptors (Lipinski definition) is 2. The van der Waals surface area contributed by atoms with Crippen molar-refractivity contribution >= 4 is 17.6 Å². The molecule has 0 aromatic heterocycles. The summed E-state index contributed by atoms with van der Waals surface area (Å²) >= 11 is 0. The van der Waals surface area contributed by atoms with Crippen LogP contribution in [0.5, 0.6) is 0 Å². The summed E-state index contributed by atoms with van der Waals surface area (Å²) in [5.41, 5.74) is 0.185. The molecule has 0 bridgehead atoms. The maximum atomic E-state index is 13.1. The van der Waals surface area contributed by atoms with Gasteiger partial charge in [0.25, 0.3) is 0 Å². The number of rotatable bonds is 2. The van der Waals surface area contributed by atoms with Crippen LogP contribution < -0.4 is 4.90 Å². The summed E-state index contributed by atoms with van der Waals surface area (Å²) in [6.07, 6.45) is 0.365. The Morgan fingerprint density at radius 2 is 2.06 bits per heavy atom. The van der Waals surface area contributed by atoms with Crippen molar-refractivity contribution in [2.45, 2.75) is 12.8 Å². The van der Waals surface area contributed by atoms with Crippen LogP contribution in [0.3, 0.4) is 0 Å². The van der Waals surface area contributed by atoms with Crippen LogP contribution in [0.15, 0.2) is 18.2 Å². The predicted molar refractivity (Wildman–Crippen MR) is 59.1 cm³/mol. The predicted octanol–water partition coefficient (Wildman–Crippen LogP) is 1.79. The molecule has 0 saturated carbocycles. The van der Waals surface area contributed by atoms with Crippen molar-refractivity contribution in [1.29, 1.82) is 0 Å². The summed E-state index contributed by atoms with van der Waals surface area (Å²) in [7, 11) is 0. The van der Waals surface area contributed by atoms with E-state index in [1.165, 1.54) is 11.0 Å². The molecule has 0 radical (unpaired) electrons. The fourth-order valence-corrected chi connectivity index (χ4v) is 1.95. The second-order valence-corrected chi connectivity index (χ2v) is 4.18. The van der Waals surface area contributed by atoms with Gasteiger partial charge in [-0.05, 0) is 18.6 Å². The maximum Gasteiger partial charge on any atom is 0.308 e. The minimum Gasteiger partial charge on any atom is -0.481 e. The molecule has 1 aromatic carbocycles.